The topological polar surface area (TPSA) is 17.8 Å². The van der Waals surface area contributed by atoms with Gasteiger partial charge in [-0.05, 0) is 38.0 Å². The number of halogens is 2. The van der Waals surface area contributed by atoms with Crippen molar-refractivity contribution in [3.63, 3.8) is 0 Å². The van der Waals surface area contributed by atoms with Crippen molar-refractivity contribution in [2.45, 2.75) is 52.0 Å². The summed E-state index contributed by atoms with van der Waals surface area (Å²) >= 11 is 9.87. The van der Waals surface area contributed by atoms with E-state index >= 15 is 0 Å². The van der Waals surface area contributed by atoms with Crippen molar-refractivity contribution in [3.8, 4) is 0 Å². The first-order valence-electron chi connectivity index (χ1n) is 7.31. The molecule has 0 saturated heterocycles. The Kier molecular flexibility index (Phi) is 5.14. The van der Waals surface area contributed by atoms with Crippen LogP contribution in [0.5, 0.6) is 0 Å². The largest absolute Gasteiger partial charge is 0.324 e. The van der Waals surface area contributed by atoms with Crippen LogP contribution in [0.25, 0.3) is 11.0 Å². The zero-order valence-electron chi connectivity index (χ0n) is 12.5. The molecule has 1 aromatic heterocycles. The average Bonchev–Trinajstić information content (AvgIpc) is 2.78. The Morgan fingerprint density at radius 1 is 1.25 bits per heavy atom. The molecule has 1 aromatic carbocycles. The highest BCUT2D eigenvalue weighted by Crippen LogP contribution is 2.34. The summed E-state index contributed by atoms with van der Waals surface area (Å²) < 4.78 is 3.38. The molecular weight excluding hydrogens is 336 g/mol. The van der Waals surface area contributed by atoms with Gasteiger partial charge in [0.25, 0.3) is 0 Å². The molecule has 0 bridgehead atoms. The minimum atomic E-state index is -0.0852. The lowest BCUT2D eigenvalue weighted by atomic mass is 9.95. The van der Waals surface area contributed by atoms with Crippen molar-refractivity contribution < 1.29 is 0 Å². The van der Waals surface area contributed by atoms with E-state index in [-0.39, 0.29) is 5.38 Å². The van der Waals surface area contributed by atoms with Gasteiger partial charge in [0, 0.05) is 10.5 Å². The van der Waals surface area contributed by atoms with Crippen LogP contribution < -0.4 is 0 Å². The molecule has 2 unspecified atom stereocenters. The molecule has 0 saturated carbocycles. The number of hydrogen-bond donors (Lipinski definition) is 0. The standard InChI is InChI=1S/C16H22BrClN2/c1-5-12(6-2)11(4)20-15-8-7-13(17)9-14(15)19-16(20)10(3)18/h7-12H,5-6H2,1-4H3. The average molecular weight is 358 g/mol. The minimum Gasteiger partial charge on any atom is -0.324 e. The number of hydrogen-bond acceptors (Lipinski definition) is 1. The monoisotopic (exact) mass is 356 g/mol. The summed E-state index contributed by atoms with van der Waals surface area (Å²) in [7, 11) is 0. The molecule has 2 rings (SSSR count). The number of fused-ring (bicyclic) bond motifs is 1. The van der Waals surface area contributed by atoms with Gasteiger partial charge in [0.05, 0.1) is 16.4 Å². The van der Waals surface area contributed by atoms with E-state index < -0.39 is 0 Å². The van der Waals surface area contributed by atoms with E-state index in [1.54, 1.807) is 0 Å². The summed E-state index contributed by atoms with van der Waals surface area (Å²) in [6.07, 6.45) is 2.34. The van der Waals surface area contributed by atoms with Gasteiger partial charge in [-0.25, -0.2) is 4.98 Å². The van der Waals surface area contributed by atoms with E-state index in [1.165, 1.54) is 18.4 Å². The van der Waals surface area contributed by atoms with E-state index in [2.05, 4.69) is 59.5 Å². The number of benzene rings is 1. The Balaban J connectivity index is 2.62. The second-order valence-electron chi connectivity index (χ2n) is 5.41. The van der Waals surface area contributed by atoms with Crippen LogP contribution in [0.2, 0.25) is 0 Å². The third-order valence-corrected chi connectivity index (χ3v) is 4.86. The van der Waals surface area contributed by atoms with Crippen LogP contribution in [-0.4, -0.2) is 9.55 Å². The smallest absolute Gasteiger partial charge is 0.127 e. The SMILES string of the molecule is CCC(CC)C(C)n1c(C(C)Cl)nc2cc(Br)ccc21. The predicted molar refractivity (Wildman–Crippen MR) is 90.5 cm³/mol. The Bertz CT molecular complexity index is 587. The highest BCUT2D eigenvalue weighted by atomic mass is 79.9. The lowest BCUT2D eigenvalue weighted by Crippen LogP contribution is -2.18. The summed E-state index contributed by atoms with van der Waals surface area (Å²) in [6, 6.07) is 6.68. The minimum absolute atomic E-state index is 0.0852. The molecule has 2 nitrogen and oxygen atoms in total. The fourth-order valence-corrected chi connectivity index (χ4v) is 3.48. The van der Waals surface area contributed by atoms with Gasteiger partial charge in [-0.3, -0.25) is 0 Å². The fraction of sp³-hybridized carbons (Fsp3) is 0.562. The first-order valence-corrected chi connectivity index (χ1v) is 8.53. The molecule has 0 aliphatic rings. The van der Waals surface area contributed by atoms with Crippen LogP contribution in [0.1, 0.15) is 57.8 Å². The Morgan fingerprint density at radius 2 is 1.90 bits per heavy atom. The van der Waals surface area contributed by atoms with Gasteiger partial charge in [-0.15, -0.1) is 11.6 Å². The van der Waals surface area contributed by atoms with Crippen molar-refractivity contribution in [2.24, 2.45) is 5.92 Å². The molecule has 4 heteroatoms. The van der Waals surface area contributed by atoms with E-state index in [0.717, 1.165) is 15.8 Å². The summed E-state index contributed by atoms with van der Waals surface area (Å²) in [6.45, 7) is 8.78. The Labute approximate surface area is 134 Å². The highest BCUT2D eigenvalue weighted by molar-refractivity contribution is 9.10. The molecule has 0 aliphatic heterocycles. The molecule has 0 aliphatic carbocycles. The summed E-state index contributed by atoms with van der Waals surface area (Å²) in [5.74, 6) is 1.62. The maximum atomic E-state index is 6.36. The maximum Gasteiger partial charge on any atom is 0.127 e. The first-order chi connectivity index (χ1) is 9.49. The number of aromatic nitrogens is 2. The van der Waals surface area contributed by atoms with E-state index in [1.807, 2.05) is 6.92 Å². The van der Waals surface area contributed by atoms with E-state index in [0.29, 0.717) is 12.0 Å². The van der Waals surface area contributed by atoms with Gasteiger partial charge in [-0.2, -0.15) is 0 Å². The fourth-order valence-electron chi connectivity index (χ4n) is 2.98. The van der Waals surface area contributed by atoms with Gasteiger partial charge in [0.15, 0.2) is 0 Å². The molecule has 0 spiro atoms. The third kappa shape index (κ3) is 2.89. The summed E-state index contributed by atoms with van der Waals surface area (Å²) in [5, 5.41) is -0.0852. The van der Waals surface area contributed by atoms with Crippen molar-refractivity contribution in [1.82, 2.24) is 9.55 Å². The quantitative estimate of drug-likeness (QED) is 0.591. The number of imidazole rings is 1. The Hall–Kier alpha value is -0.540. The van der Waals surface area contributed by atoms with Crippen LogP contribution in [-0.2, 0) is 0 Å². The molecule has 20 heavy (non-hydrogen) atoms. The van der Waals surface area contributed by atoms with Gasteiger partial charge in [0.1, 0.15) is 5.82 Å². The lowest BCUT2D eigenvalue weighted by molar-refractivity contribution is 0.332. The molecular formula is C16H22BrClN2. The lowest BCUT2D eigenvalue weighted by Gasteiger charge is -2.26. The predicted octanol–water partition coefficient (Wildman–Crippen LogP) is 6.10. The molecule has 2 atom stereocenters. The van der Waals surface area contributed by atoms with Crippen LogP contribution in [0, 0.1) is 5.92 Å². The van der Waals surface area contributed by atoms with Crippen molar-refractivity contribution >= 4 is 38.6 Å². The zero-order valence-corrected chi connectivity index (χ0v) is 14.9. The molecule has 110 valence electrons. The molecule has 2 aromatic rings. The van der Waals surface area contributed by atoms with Crippen molar-refractivity contribution in [1.29, 1.82) is 0 Å². The first kappa shape index (κ1) is 15.8. The van der Waals surface area contributed by atoms with Gasteiger partial charge in [-0.1, -0.05) is 42.6 Å². The van der Waals surface area contributed by atoms with Gasteiger partial charge in [0.2, 0.25) is 0 Å². The number of nitrogens with zero attached hydrogens (tertiary/aromatic N) is 2. The van der Waals surface area contributed by atoms with Gasteiger partial charge >= 0.3 is 0 Å². The second kappa shape index (κ2) is 6.48. The number of rotatable bonds is 5. The highest BCUT2D eigenvalue weighted by Gasteiger charge is 2.23. The molecule has 0 N–H and O–H groups in total. The van der Waals surface area contributed by atoms with Crippen molar-refractivity contribution in [3.05, 3.63) is 28.5 Å². The van der Waals surface area contributed by atoms with Crippen molar-refractivity contribution in [2.75, 3.05) is 0 Å². The number of alkyl halides is 1. The molecule has 0 fully saturated rings. The molecule has 0 amide bonds. The summed E-state index contributed by atoms with van der Waals surface area (Å²) in [4.78, 5) is 4.75. The van der Waals surface area contributed by atoms with Crippen LogP contribution in [0.15, 0.2) is 22.7 Å². The van der Waals surface area contributed by atoms with Crippen LogP contribution >= 0.6 is 27.5 Å². The molecule has 0 radical (unpaired) electrons. The second-order valence-corrected chi connectivity index (χ2v) is 6.98. The molecule has 1 heterocycles. The van der Waals surface area contributed by atoms with Crippen LogP contribution in [0.4, 0.5) is 0 Å². The Morgan fingerprint density at radius 3 is 2.45 bits per heavy atom. The van der Waals surface area contributed by atoms with E-state index in [4.69, 9.17) is 16.6 Å². The van der Waals surface area contributed by atoms with E-state index in [9.17, 15) is 0 Å². The maximum absolute atomic E-state index is 6.36. The third-order valence-electron chi connectivity index (χ3n) is 4.17. The normalized spacial score (nSPS) is 14.9. The van der Waals surface area contributed by atoms with Gasteiger partial charge < -0.3 is 4.57 Å². The van der Waals surface area contributed by atoms with Crippen LogP contribution in [0.3, 0.4) is 0 Å². The summed E-state index contributed by atoms with van der Waals surface area (Å²) in [5.41, 5.74) is 2.19. The zero-order chi connectivity index (χ0) is 14.9.